The number of esters is 1. The third kappa shape index (κ3) is 13.8. The van der Waals surface area contributed by atoms with Crippen LogP contribution in [0.3, 0.4) is 0 Å². The Hall–Kier alpha value is -3.96. The number of nitrogens with zero attached hydrogens (tertiary/aromatic N) is 4. The number of hydrogen-bond acceptors (Lipinski definition) is 12. The van der Waals surface area contributed by atoms with E-state index in [1.54, 1.807) is 43.4 Å². The zero-order valence-electron chi connectivity index (χ0n) is 38.5. The molecule has 0 spiro atoms. The zero-order chi connectivity index (χ0) is 45.6. The number of benzene rings is 1. The zero-order valence-corrected chi connectivity index (χ0v) is 39.3. The lowest BCUT2D eigenvalue weighted by molar-refractivity contribution is -0.148. The number of hydrogen-bond donors (Lipinski definition) is 3. The van der Waals surface area contributed by atoms with Crippen LogP contribution in [0, 0.1) is 23.7 Å². The molecule has 0 radical (unpaired) electrons. The maximum atomic E-state index is 14.4. The molecular weight excluding hydrogens is 799 g/mol. The van der Waals surface area contributed by atoms with Crippen molar-refractivity contribution in [3.63, 3.8) is 0 Å². The highest BCUT2D eigenvalue weighted by atomic mass is 32.1. The van der Waals surface area contributed by atoms with Gasteiger partial charge in [0.1, 0.15) is 17.7 Å². The number of nitrogens with two attached hydrogens (primary N) is 1. The van der Waals surface area contributed by atoms with Crippen molar-refractivity contribution in [3.05, 3.63) is 52.0 Å². The number of methoxy groups -OCH3 is 2. The van der Waals surface area contributed by atoms with Gasteiger partial charge in [0.2, 0.25) is 23.6 Å². The number of nitrogens with one attached hydrogen (secondary N) is 2. The summed E-state index contributed by atoms with van der Waals surface area (Å²) < 4.78 is 17.3. The molecule has 1 fully saturated rings. The molecule has 4 N–H and O–H groups in total. The molecule has 2 heterocycles. The summed E-state index contributed by atoms with van der Waals surface area (Å²) >= 11 is 1.26. The van der Waals surface area contributed by atoms with E-state index in [4.69, 9.17) is 19.9 Å². The molecule has 3 rings (SSSR count). The molecule has 0 saturated carbocycles. The second kappa shape index (κ2) is 24.6. The molecule has 1 aromatic heterocycles. The van der Waals surface area contributed by atoms with Crippen molar-refractivity contribution in [1.29, 1.82) is 0 Å². The van der Waals surface area contributed by atoms with E-state index in [9.17, 15) is 24.0 Å². The summed E-state index contributed by atoms with van der Waals surface area (Å²) in [5.74, 6) is -2.34. The fourth-order valence-electron chi connectivity index (χ4n) is 8.53. The topological polar surface area (TPSA) is 186 Å². The van der Waals surface area contributed by atoms with E-state index in [2.05, 4.69) is 15.6 Å². The highest BCUT2D eigenvalue weighted by Gasteiger charge is 2.43. The Morgan fingerprint density at radius 2 is 1.62 bits per heavy atom. The quantitative estimate of drug-likeness (QED) is 0.128. The van der Waals surface area contributed by atoms with Gasteiger partial charge in [-0.1, -0.05) is 85.2 Å². The van der Waals surface area contributed by atoms with E-state index >= 15 is 0 Å². The standard InChI is InChI=1S/C45H73N7O8S/c1-13-29(6)39(51(10)44(56)37(27(2)3)49-42(55)38(28(4)5)50(8)9)35(58-11)25-36(53)52-22-17-20-34(52)40(59-12)30(7)41(54)47-32(24-31-18-15-14-16-19-31)43-48-33(26-61-43)45(57)60-23-21-46/h14-16,18-19,26-30,32,34-35,37-40H,13,17,20-25,46H2,1-12H3,(H,47,54)(H,49,55)/t29-,30+,32-,34-,35+,37-,38-,39-,40+/m0/s1. The molecule has 9 atom stereocenters. The number of likely N-dealkylation sites (tertiary alicyclic amines) is 1. The van der Waals surface area contributed by atoms with E-state index in [-0.39, 0.29) is 72.7 Å². The number of ether oxygens (including phenoxy) is 3. The Labute approximate surface area is 367 Å². The number of carbonyl (C=O) groups excluding carboxylic acids is 5. The first-order valence-electron chi connectivity index (χ1n) is 21.7. The molecule has 0 bridgehead atoms. The van der Waals surface area contributed by atoms with Gasteiger partial charge in [0.15, 0.2) is 5.69 Å². The van der Waals surface area contributed by atoms with Crippen molar-refractivity contribution in [1.82, 2.24) is 30.3 Å². The molecule has 0 aliphatic carbocycles. The number of aromatic nitrogens is 1. The third-order valence-corrected chi connectivity index (χ3v) is 12.9. The minimum absolute atomic E-state index is 0.00460. The number of thiazole rings is 1. The van der Waals surface area contributed by atoms with Gasteiger partial charge in [0.25, 0.3) is 0 Å². The average Bonchev–Trinajstić information content (AvgIpc) is 3.92. The maximum Gasteiger partial charge on any atom is 0.357 e. The lowest BCUT2D eigenvalue weighted by Crippen LogP contribution is -2.59. The largest absolute Gasteiger partial charge is 0.460 e. The Morgan fingerprint density at radius 3 is 2.18 bits per heavy atom. The first kappa shape index (κ1) is 51.4. The molecule has 342 valence electrons. The maximum absolute atomic E-state index is 14.4. The number of carbonyl (C=O) groups is 5. The van der Waals surface area contributed by atoms with Crippen LogP contribution >= 0.6 is 11.3 Å². The smallest absolute Gasteiger partial charge is 0.357 e. The summed E-state index contributed by atoms with van der Waals surface area (Å²) in [5.41, 5.74) is 6.63. The molecule has 1 aromatic carbocycles. The molecule has 1 saturated heterocycles. The van der Waals surface area contributed by atoms with E-state index in [1.807, 2.05) is 90.9 Å². The fraction of sp³-hybridized carbons (Fsp3) is 0.689. The summed E-state index contributed by atoms with van der Waals surface area (Å²) in [5, 5.41) is 8.38. The molecule has 2 aromatic rings. The van der Waals surface area contributed by atoms with Gasteiger partial charge in [-0.25, -0.2) is 9.78 Å². The van der Waals surface area contributed by atoms with Gasteiger partial charge < -0.3 is 40.4 Å². The van der Waals surface area contributed by atoms with Crippen LogP contribution in [0.1, 0.15) is 101 Å². The van der Waals surface area contributed by atoms with Gasteiger partial charge in [-0.2, -0.15) is 0 Å². The Balaban J connectivity index is 1.82. The van der Waals surface area contributed by atoms with Gasteiger partial charge >= 0.3 is 5.97 Å². The summed E-state index contributed by atoms with van der Waals surface area (Å²) in [6.45, 7) is 14.4. The van der Waals surface area contributed by atoms with Crippen LogP contribution in [-0.4, -0.2) is 141 Å². The normalized spacial score (nSPS) is 18.2. The molecular formula is C45H73N7O8S. The number of likely N-dealkylation sites (N-methyl/N-ethyl adjacent to an activating group) is 2. The van der Waals surface area contributed by atoms with E-state index in [1.165, 1.54) is 11.3 Å². The summed E-state index contributed by atoms with van der Waals surface area (Å²) in [6.07, 6.45) is 1.25. The van der Waals surface area contributed by atoms with E-state index in [0.717, 1.165) is 18.4 Å². The number of amides is 4. The molecule has 16 heteroatoms. The van der Waals surface area contributed by atoms with Gasteiger partial charge in [0.05, 0.1) is 48.7 Å². The van der Waals surface area contributed by atoms with Crippen molar-refractivity contribution < 1.29 is 38.2 Å². The van der Waals surface area contributed by atoms with E-state index < -0.39 is 48.3 Å². The number of rotatable bonds is 24. The molecule has 1 aliphatic heterocycles. The predicted octanol–water partition coefficient (Wildman–Crippen LogP) is 4.31. The SMILES string of the molecule is CC[C@H](C)[C@@H]([C@@H](CC(=O)N1CCC[C@H]1[C@H](OC)[C@@H](C)C(=O)N[C@@H](Cc1ccccc1)c1nc(C(=O)OCCN)cs1)OC)N(C)C(=O)[C@@H](NC(=O)[C@H](C(C)C)N(C)C)C(C)C. The van der Waals surface area contributed by atoms with Crippen LogP contribution in [0.2, 0.25) is 0 Å². The molecule has 4 amide bonds. The van der Waals surface area contributed by atoms with Gasteiger partial charge in [-0.3, -0.25) is 24.1 Å². The van der Waals surface area contributed by atoms with Crippen molar-refractivity contribution in [2.75, 3.05) is 55.1 Å². The third-order valence-electron chi connectivity index (χ3n) is 11.9. The first-order valence-corrected chi connectivity index (χ1v) is 22.5. The second-order valence-corrected chi connectivity index (χ2v) is 18.1. The molecule has 61 heavy (non-hydrogen) atoms. The Morgan fingerprint density at radius 1 is 0.951 bits per heavy atom. The Bertz CT molecular complexity index is 1700. The van der Waals surface area contributed by atoms with Gasteiger partial charge in [0, 0.05) is 39.7 Å². The van der Waals surface area contributed by atoms with Crippen LogP contribution in [0.4, 0.5) is 0 Å². The van der Waals surface area contributed by atoms with Crippen molar-refractivity contribution >= 4 is 40.9 Å². The van der Waals surface area contributed by atoms with Crippen LogP contribution in [0.25, 0.3) is 0 Å². The highest BCUT2D eigenvalue weighted by Crippen LogP contribution is 2.31. The molecule has 0 unspecified atom stereocenters. The van der Waals surface area contributed by atoms with Crippen molar-refractivity contribution in [3.8, 4) is 0 Å². The predicted molar refractivity (Wildman–Crippen MR) is 238 cm³/mol. The lowest BCUT2D eigenvalue weighted by atomic mass is 9.89. The van der Waals surface area contributed by atoms with Crippen LogP contribution in [-0.2, 0) is 39.8 Å². The summed E-state index contributed by atoms with van der Waals surface area (Å²) in [7, 11) is 8.55. The Kier molecular flexibility index (Phi) is 20.7. The van der Waals surface area contributed by atoms with Crippen LogP contribution in [0.15, 0.2) is 35.7 Å². The summed E-state index contributed by atoms with van der Waals surface area (Å²) in [6, 6.07) is 7.10. The van der Waals surface area contributed by atoms with Crippen LogP contribution < -0.4 is 16.4 Å². The minimum Gasteiger partial charge on any atom is -0.460 e. The lowest BCUT2D eigenvalue weighted by Gasteiger charge is -2.41. The van der Waals surface area contributed by atoms with Gasteiger partial charge in [-0.05, 0) is 56.7 Å². The highest BCUT2D eigenvalue weighted by molar-refractivity contribution is 7.09. The first-order chi connectivity index (χ1) is 28.9. The average molecular weight is 872 g/mol. The monoisotopic (exact) mass is 872 g/mol. The second-order valence-electron chi connectivity index (χ2n) is 17.2. The molecule has 15 nitrogen and oxygen atoms in total. The van der Waals surface area contributed by atoms with Gasteiger partial charge in [-0.15, -0.1) is 11.3 Å². The van der Waals surface area contributed by atoms with E-state index in [0.29, 0.717) is 24.4 Å². The fourth-order valence-corrected chi connectivity index (χ4v) is 9.37. The van der Waals surface area contributed by atoms with Crippen molar-refractivity contribution in [2.24, 2.45) is 29.4 Å². The van der Waals surface area contributed by atoms with Crippen molar-refractivity contribution in [2.45, 2.75) is 123 Å². The van der Waals surface area contributed by atoms with Crippen LogP contribution in [0.5, 0.6) is 0 Å². The summed E-state index contributed by atoms with van der Waals surface area (Å²) in [4.78, 5) is 78.8. The molecule has 1 aliphatic rings. The minimum atomic E-state index is -0.778.